The first kappa shape index (κ1) is 17.1. The van der Waals surface area contributed by atoms with Crippen LogP contribution in [-0.4, -0.2) is 50.7 Å². The van der Waals surface area contributed by atoms with Crippen molar-refractivity contribution in [1.82, 2.24) is 4.90 Å². The smallest absolute Gasteiger partial charge is 0.0644 e. The maximum absolute atomic E-state index is 2.73. The lowest BCUT2D eigenvalue weighted by atomic mass is 9.89. The Bertz CT molecular complexity index is 830. The SMILES string of the molecule is CCc1cccc(CCN2CC[C@H]3[C@@H](C2)c2cccc4c2N3CCN4C)c1. The van der Waals surface area contributed by atoms with Gasteiger partial charge in [-0.25, -0.2) is 0 Å². The van der Waals surface area contributed by atoms with Gasteiger partial charge in [0.15, 0.2) is 0 Å². The number of hydrogen-bond donors (Lipinski definition) is 0. The largest absolute Gasteiger partial charge is 0.371 e. The van der Waals surface area contributed by atoms with Crippen molar-refractivity contribution in [2.45, 2.75) is 38.1 Å². The summed E-state index contributed by atoms with van der Waals surface area (Å²) in [5.41, 5.74) is 7.53. The molecule has 3 nitrogen and oxygen atoms in total. The van der Waals surface area contributed by atoms with Crippen LogP contribution >= 0.6 is 0 Å². The van der Waals surface area contributed by atoms with E-state index in [1.165, 1.54) is 55.8 Å². The Kier molecular flexibility index (Phi) is 4.35. The van der Waals surface area contributed by atoms with Crippen molar-refractivity contribution in [2.24, 2.45) is 0 Å². The van der Waals surface area contributed by atoms with Gasteiger partial charge >= 0.3 is 0 Å². The van der Waals surface area contributed by atoms with Crippen molar-refractivity contribution in [2.75, 3.05) is 49.6 Å². The molecule has 1 fully saturated rings. The van der Waals surface area contributed by atoms with E-state index in [-0.39, 0.29) is 0 Å². The number of piperidine rings is 1. The Morgan fingerprint density at radius 1 is 1.00 bits per heavy atom. The fourth-order valence-electron chi connectivity index (χ4n) is 5.47. The summed E-state index contributed by atoms with van der Waals surface area (Å²) < 4.78 is 0. The zero-order valence-corrected chi connectivity index (χ0v) is 16.7. The van der Waals surface area contributed by atoms with Crippen molar-refractivity contribution in [3.8, 4) is 0 Å². The summed E-state index contributed by atoms with van der Waals surface area (Å²) in [4.78, 5) is 7.88. The van der Waals surface area contributed by atoms with Gasteiger partial charge in [0, 0.05) is 51.7 Å². The number of hydrogen-bond acceptors (Lipinski definition) is 3. The van der Waals surface area contributed by atoms with Crippen LogP contribution in [0.15, 0.2) is 42.5 Å². The van der Waals surface area contributed by atoms with Crippen LogP contribution in [0.1, 0.15) is 36.0 Å². The van der Waals surface area contributed by atoms with Gasteiger partial charge in [0.1, 0.15) is 0 Å². The van der Waals surface area contributed by atoms with Gasteiger partial charge in [-0.2, -0.15) is 0 Å². The Hall–Kier alpha value is -2.00. The predicted molar refractivity (Wildman–Crippen MR) is 114 cm³/mol. The molecule has 142 valence electrons. The summed E-state index contributed by atoms with van der Waals surface area (Å²) in [5, 5.41) is 0. The minimum absolute atomic E-state index is 0.683. The first-order valence-electron chi connectivity index (χ1n) is 10.7. The van der Waals surface area contributed by atoms with Crippen LogP contribution in [0.25, 0.3) is 0 Å². The zero-order chi connectivity index (χ0) is 18.4. The van der Waals surface area contributed by atoms with Gasteiger partial charge in [-0.3, -0.25) is 0 Å². The number of aryl methyl sites for hydroxylation is 1. The van der Waals surface area contributed by atoms with Crippen LogP contribution in [0.2, 0.25) is 0 Å². The molecule has 0 aliphatic carbocycles. The summed E-state index contributed by atoms with van der Waals surface area (Å²) in [6.45, 7) is 8.22. The van der Waals surface area contributed by atoms with Crippen LogP contribution in [-0.2, 0) is 12.8 Å². The third-order valence-electron chi connectivity index (χ3n) is 7.00. The molecule has 3 aliphatic rings. The second kappa shape index (κ2) is 6.87. The fourth-order valence-corrected chi connectivity index (χ4v) is 5.47. The molecule has 0 bridgehead atoms. The summed E-state index contributed by atoms with van der Waals surface area (Å²) in [7, 11) is 2.24. The topological polar surface area (TPSA) is 9.72 Å². The third kappa shape index (κ3) is 2.93. The van der Waals surface area contributed by atoms with Crippen molar-refractivity contribution in [3.63, 3.8) is 0 Å². The normalized spacial score (nSPS) is 24.1. The lowest BCUT2D eigenvalue weighted by molar-refractivity contribution is 0.195. The molecule has 2 atom stereocenters. The second-order valence-corrected chi connectivity index (χ2v) is 8.52. The lowest BCUT2D eigenvalue weighted by Crippen LogP contribution is -2.49. The van der Waals surface area contributed by atoms with Crippen LogP contribution in [0.4, 0.5) is 11.4 Å². The highest BCUT2D eigenvalue weighted by molar-refractivity contribution is 5.80. The summed E-state index contributed by atoms with van der Waals surface area (Å²) in [5.74, 6) is 0.683. The lowest BCUT2D eigenvalue weighted by Gasteiger charge is -2.41. The molecule has 2 aromatic rings. The molecule has 0 saturated carbocycles. The number of para-hydroxylation sites is 1. The van der Waals surface area contributed by atoms with Crippen molar-refractivity contribution >= 4 is 11.4 Å². The number of benzene rings is 2. The highest BCUT2D eigenvalue weighted by Crippen LogP contribution is 2.50. The fraction of sp³-hybridized carbons (Fsp3) is 0.500. The average molecular weight is 362 g/mol. The Labute approximate surface area is 163 Å². The minimum atomic E-state index is 0.683. The highest BCUT2D eigenvalue weighted by Gasteiger charge is 2.44. The molecule has 27 heavy (non-hydrogen) atoms. The maximum atomic E-state index is 2.73. The molecule has 0 N–H and O–H groups in total. The van der Waals surface area contributed by atoms with Gasteiger partial charge in [-0.05, 0) is 42.0 Å². The summed E-state index contributed by atoms with van der Waals surface area (Å²) in [6.07, 6.45) is 3.60. The van der Waals surface area contributed by atoms with E-state index in [9.17, 15) is 0 Å². The summed E-state index contributed by atoms with van der Waals surface area (Å²) in [6, 6.07) is 16.8. The van der Waals surface area contributed by atoms with Gasteiger partial charge in [0.2, 0.25) is 0 Å². The molecule has 0 spiro atoms. The van der Waals surface area contributed by atoms with Gasteiger partial charge in [0.05, 0.1) is 11.4 Å². The molecule has 3 heterocycles. The molecule has 0 unspecified atom stereocenters. The van der Waals surface area contributed by atoms with E-state index in [1.54, 1.807) is 11.3 Å². The molecule has 3 heteroatoms. The van der Waals surface area contributed by atoms with Gasteiger partial charge in [-0.1, -0.05) is 43.3 Å². The number of likely N-dealkylation sites (tertiary alicyclic amines) is 1. The minimum Gasteiger partial charge on any atom is -0.371 e. The van der Waals surface area contributed by atoms with Crippen molar-refractivity contribution < 1.29 is 0 Å². The van der Waals surface area contributed by atoms with Crippen molar-refractivity contribution in [3.05, 3.63) is 59.2 Å². The molecule has 0 aromatic heterocycles. The second-order valence-electron chi connectivity index (χ2n) is 8.52. The predicted octanol–water partition coefficient (Wildman–Crippen LogP) is 3.92. The number of rotatable bonds is 4. The molecular formula is C24H31N3. The molecule has 5 rings (SSSR count). The first-order chi connectivity index (χ1) is 13.2. The molecule has 3 aliphatic heterocycles. The zero-order valence-electron chi connectivity index (χ0n) is 16.7. The van der Waals surface area contributed by atoms with E-state index in [2.05, 4.69) is 71.1 Å². The van der Waals surface area contributed by atoms with E-state index < -0.39 is 0 Å². The Morgan fingerprint density at radius 2 is 1.85 bits per heavy atom. The van der Waals surface area contributed by atoms with Gasteiger partial charge in [-0.15, -0.1) is 0 Å². The van der Waals surface area contributed by atoms with E-state index in [0.717, 1.165) is 19.0 Å². The van der Waals surface area contributed by atoms with Crippen LogP contribution < -0.4 is 9.80 Å². The Morgan fingerprint density at radius 3 is 2.74 bits per heavy atom. The van der Waals surface area contributed by atoms with E-state index in [1.807, 2.05) is 0 Å². The first-order valence-corrected chi connectivity index (χ1v) is 10.7. The maximum Gasteiger partial charge on any atom is 0.0644 e. The molecule has 1 saturated heterocycles. The Balaban J connectivity index is 1.32. The monoisotopic (exact) mass is 361 g/mol. The third-order valence-corrected chi connectivity index (χ3v) is 7.00. The van der Waals surface area contributed by atoms with Gasteiger partial charge in [0.25, 0.3) is 0 Å². The van der Waals surface area contributed by atoms with E-state index >= 15 is 0 Å². The number of anilines is 2. The van der Waals surface area contributed by atoms with Crippen LogP contribution in [0.5, 0.6) is 0 Å². The van der Waals surface area contributed by atoms with Crippen LogP contribution in [0, 0.1) is 0 Å². The number of likely N-dealkylation sites (N-methyl/N-ethyl adjacent to an activating group) is 1. The van der Waals surface area contributed by atoms with Gasteiger partial charge < -0.3 is 14.7 Å². The number of nitrogens with zero attached hydrogens (tertiary/aromatic N) is 3. The highest BCUT2D eigenvalue weighted by atomic mass is 15.3. The molecule has 0 radical (unpaired) electrons. The molecule has 2 aromatic carbocycles. The molecular weight excluding hydrogens is 330 g/mol. The summed E-state index contributed by atoms with van der Waals surface area (Å²) >= 11 is 0. The molecule has 0 amide bonds. The van der Waals surface area contributed by atoms with E-state index in [4.69, 9.17) is 0 Å². The average Bonchev–Trinajstić information content (AvgIpc) is 3.04. The van der Waals surface area contributed by atoms with Crippen molar-refractivity contribution in [1.29, 1.82) is 0 Å². The standard InChI is InChI=1S/C24H31N3/c1-3-18-6-4-7-19(16-18)10-12-26-13-11-22-21(17-26)20-8-5-9-23-24(20)27(22)15-14-25(23)2/h4-9,16,21-22H,3,10-15,17H2,1-2H3/t21-,22-/m0/s1. The number of fused-ring (bicyclic) bond motifs is 3. The van der Waals surface area contributed by atoms with E-state index in [0.29, 0.717) is 5.92 Å². The quantitative estimate of drug-likeness (QED) is 0.817. The van der Waals surface area contributed by atoms with Crippen LogP contribution in [0.3, 0.4) is 0 Å².